The van der Waals surface area contributed by atoms with Gasteiger partial charge in [-0.05, 0) is 38.3 Å². The van der Waals surface area contributed by atoms with E-state index < -0.39 is 0 Å². The third-order valence-corrected chi connectivity index (χ3v) is 4.24. The van der Waals surface area contributed by atoms with Gasteiger partial charge in [0.2, 0.25) is 5.91 Å². The fraction of sp³-hybridized carbons (Fsp3) is 0.562. The molecule has 0 aliphatic heterocycles. The summed E-state index contributed by atoms with van der Waals surface area (Å²) in [6, 6.07) is 5.79. The minimum absolute atomic E-state index is 0.0521. The van der Waals surface area contributed by atoms with Gasteiger partial charge in [0.15, 0.2) is 0 Å². The first kappa shape index (κ1) is 15.2. The Labute approximate surface area is 126 Å². The van der Waals surface area contributed by atoms with Crippen LogP contribution in [-0.2, 0) is 4.79 Å². The molecule has 110 valence electrons. The Bertz CT molecular complexity index is 449. The zero-order valence-electron chi connectivity index (χ0n) is 12.2. The first-order chi connectivity index (χ1) is 9.58. The van der Waals surface area contributed by atoms with Crippen molar-refractivity contribution in [2.45, 2.75) is 58.0 Å². The fourth-order valence-corrected chi connectivity index (χ4v) is 2.95. The van der Waals surface area contributed by atoms with Gasteiger partial charge in [-0.2, -0.15) is 0 Å². The molecule has 0 bridgehead atoms. The number of aryl methyl sites for hydroxylation is 1. The topological polar surface area (TPSA) is 41.1 Å². The lowest BCUT2D eigenvalue weighted by Gasteiger charge is -2.25. The smallest absolute Gasteiger partial charge is 0.242 e. The molecule has 2 rings (SSSR count). The first-order valence-corrected chi connectivity index (χ1v) is 7.77. The van der Waals surface area contributed by atoms with Crippen LogP contribution in [0.1, 0.15) is 44.6 Å². The molecule has 2 N–H and O–H groups in total. The number of benzene rings is 1. The molecule has 0 spiro atoms. The van der Waals surface area contributed by atoms with Crippen LogP contribution in [0.25, 0.3) is 0 Å². The van der Waals surface area contributed by atoms with Crippen molar-refractivity contribution in [3.8, 4) is 0 Å². The molecule has 1 unspecified atom stereocenters. The molecule has 1 aliphatic carbocycles. The number of nitrogens with one attached hydrogen (secondary N) is 2. The van der Waals surface area contributed by atoms with E-state index in [2.05, 4.69) is 10.6 Å². The Morgan fingerprint density at radius 2 is 2.00 bits per heavy atom. The zero-order chi connectivity index (χ0) is 14.5. The molecule has 1 saturated carbocycles. The van der Waals surface area contributed by atoms with Crippen LogP contribution in [0.5, 0.6) is 0 Å². The fourth-order valence-electron chi connectivity index (χ4n) is 2.67. The van der Waals surface area contributed by atoms with Gasteiger partial charge in [0, 0.05) is 6.04 Å². The van der Waals surface area contributed by atoms with Crippen LogP contribution < -0.4 is 10.6 Å². The Hall–Kier alpha value is -1.22. The van der Waals surface area contributed by atoms with Crippen molar-refractivity contribution < 1.29 is 4.79 Å². The molecule has 1 amide bonds. The Morgan fingerprint density at radius 3 is 2.65 bits per heavy atom. The molecular weight excluding hydrogens is 272 g/mol. The van der Waals surface area contributed by atoms with E-state index in [0.29, 0.717) is 11.1 Å². The highest BCUT2D eigenvalue weighted by Crippen LogP contribution is 2.26. The second-order valence-electron chi connectivity index (χ2n) is 5.64. The van der Waals surface area contributed by atoms with E-state index in [9.17, 15) is 4.79 Å². The van der Waals surface area contributed by atoms with Crippen LogP contribution in [0.4, 0.5) is 5.69 Å². The van der Waals surface area contributed by atoms with Crippen molar-refractivity contribution in [2.24, 2.45) is 0 Å². The molecule has 20 heavy (non-hydrogen) atoms. The van der Waals surface area contributed by atoms with Crippen LogP contribution in [0.2, 0.25) is 5.02 Å². The lowest BCUT2D eigenvalue weighted by atomic mass is 9.95. The minimum atomic E-state index is -0.282. The maximum Gasteiger partial charge on any atom is 0.242 e. The van der Waals surface area contributed by atoms with Crippen LogP contribution >= 0.6 is 11.6 Å². The highest BCUT2D eigenvalue weighted by Gasteiger charge is 2.20. The van der Waals surface area contributed by atoms with Gasteiger partial charge >= 0.3 is 0 Å². The molecule has 0 radical (unpaired) electrons. The number of hydrogen-bond acceptors (Lipinski definition) is 2. The Balaban J connectivity index is 1.93. The zero-order valence-corrected chi connectivity index (χ0v) is 13.0. The van der Waals surface area contributed by atoms with E-state index in [4.69, 9.17) is 11.6 Å². The molecule has 3 nitrogen and oxygen atoms in total. The Morgan fingerprint density at radius 1 is 1.30 bits per heavy atom. The third kappa shape index (κ3) is 3.89. The standard InChI is InChI=1S/C16H23ClN2O/c1-11-7-6-10-14(17)15(11)18-12(2)16(20)19-13-8-4-3-5-9-13/h6-7,10,12-13,18H,3-5,8-9H2,1-2H3,(H,19,20). The number of anilines is 1. The minimum Gasteiger partial charge on any atom is -0.372 e. The third-order valence-electron chi connectivity index (χ3n) is 3.93. The van der Waals surface area contributed by atoms with Crippen LogP contribution in [-0.4, -0.2) is 18.0 Å². The molecule has 1 aromatic rings. The van der Waals surface area contributed by atoms with E-state index in [1.807, 2.05) is 32.0 Å². The van der Waals surface area contributed by atoms with Gasteiger partial charge in [-0.3, -0.25) is 4.79 Å². The normalized spacial score (nSPS) is 17.6. The average molecular weight is 295 g/mol. The maximum absolute atomic E-state index is 12.2. The molecule has 0 saturated heterocycles. The highest BCUT2D eigenvalue weighted by molar-refractivity contribution is 6.33. The summed E-state index contributed by atoms with van der Waals surface area (Å²) in [4.78, 5) is 12.2. The number of carbonyl (C=O) groups excluding carboxylic acids is 1. The second-order valence-corrected chi connectivity index (χ2v) is 6.05. The lowest BCUT2D eigenvalue weighted by Crippen LogP contribution is -2.44. The van der Waals surface area contributed by atoms with Crippen LogP contribution in [0.15, 0.2) is 18.2 Å². The van der Waals surface area contributed by atoms with Crippen molar-refractivity contribution in [1.29, 1.82) is 0 Å². The lowest BCUT2D eigenvalue weighted by molar-refractivity contribution is -0.122. The average Bonchev–Trinajstić information content (AvgIpc) is 2.44. The monoisotopic (exact) mass is 294 g/mol. The summed E-state index contributed by atoms with van der Waals surface area (Å²) in [5.41, 5.74) is 1.90. The summed E-state index contributed by atoms with van der Waals surface area (Å²) in [5.74, 6) is 0.0521. The van der Waals surface area contributed by atoms with Crippen molar-refractivity contribution in [1.82, 2.24) is 5.32 Å². The predicted molar refractivity (Wildman–Crippen MR) is 84.3 cm³/mol. The largest absolute Gasteiger partial charge is 0.372 e. The number of para-hydroxylation sites is 1. The summed E-state index contributed by atoms with van der Waals surface area (Å²) < 4.78 is 0. The first-order valence-electron chi connectivity index (χ1n) is 7.40. The van der Waals surface area contributed by atoms with Crippen LogP contribution in [0.3, 0.4) is 0 Å². The number of carbonyl (C=O) groups is 1. The Kier molecular flexibility index (Phi) is 5.30. The maximum atomic E-state index is 12.2. The van der Waals surface area contributed by atoms with Crippen molar-refractivity contribution >= 4 is 23.2 Å². The van der Waals surface area contributed by atoms with Gasteiger partial charge in [-0.1, -0.05) is 43.0 Å². The van der Waals surface area contributed by atoms with Gasteiger partial charge in [0.25, 0.3) is 0 Å². The van der Waals surface area contributed by atoms with Crippen LogP contribution in [0, 0.1) is 6.92 Å². The summed E-state index contributed by atoms with van der Waals surface area (Å²) in [6.45, 7) is 3.86. The molecule has 0 aromatic heterocycles. The molecule has 1 fully saturated rings. The summed E-state index contributed by atoms with van der Waals surface area (Å²) in [7, 11) is 0. The van der Waals surface area contributed by atoms with E-state index in [0.717, 1.165) is 24.1 Å². The van der Waals surface area contributed by atoms with Crippen molar-refractivity contribution in [3.63, 3.8) is 0 Å². The van der Waals surface area contributed by atoms with Crippen molar-refractivity contribution in [3.05, 3.63) is 28.8 Å². The predicted octanol–water partition coefficient (Wildman–Crippen LogP) is 3.90. The highest BCUT2D eigenvalue weighted by atomic mass is 35.5. The SMILES string of the molecule is Cc1cccc(Cl)c1NC(C)C(=O)NC1CCCCC1. The van der Waals surface area contributed by atoms with Gasteiger partial charge < -0.3 is 10.6 Å². The summed E-state index contributed by atoms with van der Waals surface area (Å²) >= 11 is 6.18. The molecular formula is C16H23ClN2O. The molecule has 1 atom stereocenters. The van der Waals surface area contributed by atoms with E-state index >= 15 is 0 Å². The van der Waals surface area contributed by atoms with Gasteiger partial charge in [-0.25, -0.2) is 0 Å². The van der Waals surface area contributed by atoms with Gasteiger partial charge in [0.05, 0.1) is 10.7 Å². The molecule has 0 heterocycles. The van der Waals surface area contributed by atoms with Gasteiger partial charge in [0.1, 0.15) is 6.04 Å². The molecule has 4 heteroatoms. The van der Waals surface area contributed by atoms with E-state index in [-0.39, 0.29) is 11.9 Å². The number of rotatable bonds is 4. The van der Waals surface area contributed by atoms with Gasteiger partial charge in [-0.15, -0.1) is 0 Å². The molecule has 1 aliphatic rings. The second kappa shape index (κ2) is 6.98. The summed E-state index contributed by atoms with van der Waals surface area (Å²) in [5, 5.41) is 7.01. The molecule has 1 aromatic carbocycles. The number of hydrogen-bond donors (Lipinski definition) is 2. The number of halogens is 1. The quantitative estimate of drug-likeness (QED) is 0.884. The summed E-state index contributed by atoms with van der Waals surface area (Å²) in [6.07, 6.45) is 5.93. The number of amides is 1. The van der Waals surface area contributed by atoms with Crippen molar-refractivity contribution in [2.75, 3.05) is 5.32 Å². The van der Waals surface area contributed by atoms with E-state index in [1.165, 1.54) is 19.3 Å². The van der Waals surface area contributed by atoms with E-state index in [1.54, 1.807) is 0 Å².